The van der Waals surface area contributed by atoms with Gasteiger partial charge in [-0.25, -0.2) is 13.9 Å². The van der Waals surface area contributed by atoms with Crippen LogP contribution in [-0.2, 0) is 11.9 Å². The number of fused-ring (bicyclic) bond motifs is 1. The smallest absolute Gasteiger partial charge is 0.266 e. The Bertz CT molecular complexity index is 1220. The molecule has 29 heavy (non-hydrogen) atoms. The molecule has 0 saturated carbocycles. The second-order valence-corrected chi connectivity index (χ2v) is 6.74. The lowest BCUT2D eigenvalue weighted by Gasteiger charge is -2.11. The maximum Gasteiger partial charge on any atom is 0.416 e. The number of aromatic nitrogens is 6. The number of thioether (sulfide) groups is 1. The van der Waals surface area contributed by atoms with Crippen molar-refractivity contribution in [3.63, 3.8) is 0 Å². The van der Waals surface area contributed by atoms with Crippen LogP contribution in [-0.4, -0.2) is 29.4 Å². The van der Waals surface area contributed by atoms with Gasteiger partial charge in [0.25, 0.3) is 5.56 Å². The van der Waals surface area contributed by atoms with Gasteiger partial charge in [0.15, 0.2) is 22.3 Å². The Morgan fingerprint density at radius 1 is 1.07 bits per heavy atom. The molecule has 0 amide bonds. The van der Waals surface area contributed by atoms with Gasteiger partial charge >= 0.3 is 6.18 Å². The predicted octanol–water partition coefficient (Wildman–Crippen LogP) is 3.12. The second kappa shape index (κ2) is 7.28. The summed E-state index contributed by atoms with van der Waals surface area (Å²) in [6.07, 6.45) is 0.540. The average molecular weight is 422 g/mol. The highest BCUT2D eigenvalue weighted by Crippen LogP contribution is 2.30. The van der Waals surface area contributed by atoms with Gasteiger partial charge in [0.1, 0.15) is 0 Å². The lowest BCUT2D eigenvalue weighted by atomic mass is 10.1. The second-order valence-electron chi connectivity index (χ2n) is 5.80. The van der Waals surface area contributed by atoms with E-state index < -0.39 is 23.1 Å². The van der Waals surface area contributed by atoms with Crippen LogP contribution in [0.15, 0.2) is 59.0 Å². The number of halogens is 4. The molecular weight excluding hydrogens is 412 g/mol. The summed E-state index contributed by atoms with van der Waals surface area (Å²) in [5, 5.41) is 7.99. The summed E-state index contributed by atoms with van der Waals surface area (Å²) in [5.74, 6) is -0.498. The first kappa shape index (κ1) is 19.1. The van der Waals surface area contributed by atoms with E-state index in [9.17, 15) is 22.4 Å². The van der Waals surface area contributed by atoms with Crippen LogP contribution in [0.2, 0.25) is 0 Å². The van der Waals surface area contributed by atoms with E-state index in [1.54, 1.807) is 0 Å². The van der Waals surface area contributed by atoms with E-state index in [1.807, 2.05) is 0 Å². The van der Waals surface area contributed by atoms with Gasteiger partial charge in [0.2, 0.25) is 0 Å². The fourth-order valence-corrected chi connectivity index (χ4v) is 3.47. The van der Waals surface area contributed by atoms with E-state index in [0.717, 1.165) is 39.3 Å². The third kappa shape index (κ3) is 3.70. The summed E-state index contributed by atoms with van der Waals surface area (Å²) in [5.41, 5.74) is -1.26. The van der Waals surface area contributed by atoms with Crippen molar-refractivity contribution in [1.29, 1.82) is 0 Å². The molecule has 0 radical (unpaired) electrons. The van der Waals surface area contributed by atoms with Crippen molar-refractivity contribution in [3.8, 4) is 5.82 Å². The Morgan fingerprint density at radius 2 is 1.83 bits per heavy atom. The molecule has 0 unspecified atom stereocenters. The van der Waals surface area contributed by atoms with Crippen LogP contribution >= 0.6 is 11.8 Å². The van der Waals surface area contributed by atoms with E-state index in [2.05, 4.69) is 20.2 Å². The standard InChI is InChI=1S/C17H10F4N6OS/c18-12-7-24-27-14(12)15(28)26(13-8-22-5-6-23-13)16(25-27)29-9-10-1-3-11(4-2-10)17(19,20)21/h1-8H,9H2. The molecule has 0 fully saturated rings. The molecule has 0 saturated heterocycles. The molecule has 148 valence electrons. The summed E-state index contributed by atoms with van der Waals surface area (Å²) >= 11 is 1.07. The quantitative estimate of drug-likeness (QED) is 0.372. The summed E-state index contributed by atoms with van der Waals surface area (Å²) in [6, 6.07) is 4.63. The van der Waals surface area contributed by atoms with Crippen molar-refractivity contribution < 1.29 is 17.6 Å². The van der Waals surface area contributed by atoms with Crippen LogP contribution in [0.3, 0.4) is 0 Å². The summed E-state index contributed by atoms with van der Waals surface area (Å²) in [7, 11) is 0. The van der Waals surface area contributed by atoms with E-state index in [1.165, 1.54) is 30.7 Å². The number of alkyl halides is 3. The first-order chi connectivity index (χ1) is 13.8. The molecule has 4 aromatic rings. The normalized spacial score (nSPS) is 11.9. The number of nitrogens with zero attached hydrogens (tertiary/aromatic N) is 6. The number of hydrogen-bond donors (Lipinski definition) is 0. The summed E-state index contributed by atoms with van der Waals surface area (Å²) < 4.78 is 54.0. The van der Waals surface area contributed by atoms with Crippen LogP contribution in [0.4, 0.5) is 17.6 Å². The molecular formula is C17H10F4N6OS. The van der Waals surface area contributed by atoms with Gasteiger partial charge in [-0.1, -0.05) is 23.9 Å². The molecule has 12 heteroatoms. The van der Waals surface area contributed by atoms with Crippen molar-refractivity contribution in [3.05, 3.63) is 76.4 Å². The van der Waals surface area contributed by atoms with E-state index in [4.69, 9.17) is 0 Å². The van der Waals surface area contributed by atoms with Crippen molar-refractivity contribution in [2.24, 2.45) is 0 Å². The first-order valence-corrected chi connectivity index (χ1v) is 9.05. The third-order valence-electron chi connectivity index (χ3n) is 3.91. The highest BCUT2D eigenvalue weighted by molar-refractivity contribution is 7.98. The molecule has 0 aliphatic rings. The lowest BCUT2D eigenvalue weighted by molar-refractivity contribution is -0.137. The minimum absolute atomic E-state index is 0.128. The molecule has 0 bridgehead atoms. The van der Waals surface area contributed by atoms with Crippen molar-refractivity contribution in [2.45, 2.75) is 17.1 Å². The third-order valence-corrected chi connectivity index (χ3v) is 4.91. The molecule has 0 spiro atoms. The Morgan fingerprint density at radius 3 is 2.48 bits per heavy atom. The lowest BCUT2D eigenvalue weighted by Crippen LogP contribution is -2.26. The Hall–Kier alpha value is -3.28. The highest BCUT2D eigenvalue weighted by Gasteiger charge is 2.30. The molecule has 1 aromatic carbocycles. The molecule has 3 aromatic heterocycles. The average Bonchev–Trinajstić information content (AvgIpc) is 3.07. The van der Waals surface area contributed by atoms with Crippen LogP contribution < -0.4 is 5.56 Å². The van der Waals surface area contributed by atoms with Crippen molar-refractivity contribution in [2.75, 3.05) is 0 Å². The minimum atomic E-state index is -4.42. The molecule has 7 nitrogen and oxygen atoms in total. The van der Waals surface area contributed by atoms with Gasteiger partial charge < -0.3 is 0 Å². The Kier molecular flexibility index (Phi) is 4.78. The molecule has 3 heterocycles. The van der Waals surface area contributed by atoms with Crippen LogP contribution in [0.25, 0.3) is 11.3 Å². The van der Waals surface area contributed by atoms with Gasteiger partial charge in [0.05, 0.1) is 18.0 Å². The summed E-state index contributed by atoms with van der Waals surface area (Å²) in [4.78, 5) is 20.8. The largest absolute Gasteiger partial charge is 0.416 e. The maximum atomic E-state index is 13.9. The monoisotopic (exact) mass is 422 g/mol. The van der Waals surface area contributed by atoms with Crippen LogP contribution in [0.1, 0.15) is 11.1 Å². The minimum Gasteiger partial charge on any atom is -0.266 e. The molecule has 0 aliphatic carbocycles. The van der Waals surface area contributed by atoms with Gasteiger partial charge in [-0.15, -0.1) is 9.73 Å². The topological polar surface area (TPSA) is 78.0 Å². The fourth-order valence-electron chi connectivity index (χ4n) is 2.54. The Labute approximate surface area is 164 Å². The molecule has 0 N–H and O–H groups in total. The fraction of sp³-hybridized carbons (Fsp3) is 0.118. The van der Waals surface area contributed by atoms with Gasteiger partial charge in [-0.2, -0.15) is 18.3 Å². The van der Waals surface area contributed by atoms with E-state index in [-0.39, 0.29) is 22.2 Å². The van der Waals surface area contributed by atoms with Crippen LogP contribution in [0.5, 0.6) is 0 Å². The zero-order valence-corrected chi connectivity index (χ0v) is 15.2. The number of hydrogen-bond acceptors (Lipinski definition) is 6. The highest BCUT2D eigenvalue weighted by atomic mass is 32.2. The van der Waals surface area contributed by atoms with Crippen molar-refractivity contribution >= 4 is 17.3 Å². The van der Waals surface area contributed by atoms with Crippen molar-refractivity contribution in [1.82, 2.24) is 29.4 Å². The predicted molar refractivity (Wildman–Crippen MR) is 95.1 cm³/mol. The molecule has 0 atom stereocenters. The zero-order chi connectivity index (χ0) is 20.6. The first-order valence-electron chi connectivity index (χ1n) is 8.06. The maximum absolute atomic E-state index is 13.9. The summed E-state index contributed by atoms with van der Waals surface area (Å²) in [6.45, 7) is 0. The van der Waals surface area contributed by atoms with E-state index >= 15 is 0 Å². The van der Waals surface area contributed by atoms with Gasteiger partial charge in [0, 0.05) is 18.1 Å². The molecule has 4 rings (SSSR count). The van der Waals surface area contributed by atoms with E-state index in [0.29, 0.717) is 5.56 Å². The number of benzene rings is 1. The van der Waals surface area contributed by atoms with Gasteiger partial charge in [-0.3, -0.25) is 9.78 Å². The molecule has 0 aliphatic heterocycles. The van der Waals surface area contributed by atoms with Gasteiger partial charge in [-0.05, 0) is 17.7 Å². The zero-order valence-electron chi connectivity index (χ0n) is 14.3. The SMILES string of the molecule is O=c1c2c(F)cnn2nc(SCc2ccc(C(F)(F)F)cc2)n1-c1cnccn1. The van der Waals surface area contributed by atoms with Crippen LogP contribution in [0, 0.1) is 5.82 Å². The number of rotatable bonds is 4. The Balaban J connectivity index is 1.72.